The van der Waals surface area contributed by atoms with Gasteiger partial charge in [0.2, 0.25) is 5.91 Å². The van der Waals surface area contributed by atoms with Gasteiger partial charge in [-0.15, -0.1) is 11.3 Å². The molecule has 2 heterocycles. The second-order valence-corrected chi connectivity index (χ2v) is 8.93. The number of hydrogen-bond donors (Lipinski definition) is 1. The molecular formula is C22H26N2O2S. The van der Waals surface area contributed by atoms with E-state index >= 15 is 0 Å². The molecule has 0 bridgehead atoms. The Morgan fingerprint density at radius 3 is 2.78 bits per heavy atom. The van der Waals surface area contributed by atoms with Gasteiger partial charge in [-0.1, -0.05) is 38.1 Å². The van der Waals surface area contributed by atoms with E-state index in [0.717, 1.165) is 37.1 Å². The van der Waals surface area contributed by atoms with Gasteiger partial charge in [-0.2, -0.15) is 0 Å². The molecule has 0 saturated carbocycles. The van der Waals surface area contributed by atoms with Crippen LogP contribution in [0.4, 0.5) is 0 Å². The number of hydrogen-bond acceptors (Lipinski definition) is 3. The van der Waals surface area contributed by atoms with Gasteiger partial charge in [0.15, 0.2) is 0 Å². The van der Waals surface area contributed by atoms with Gasteiger partial charge in [-0.3, -0.25) is 9.59 Å². The van der Waals surface area contributed by atoms with Crippen LogP contribution in [-0.4, -0.2) is 35.8 Å². The number of likely N-dealkylation sites (tertiary alicyclic amines) is 1. The second kappa shape index (κ2) is 7.47. The smallest absolute Gasteiger partial charge is 0.264 e. The van der Waals surface area contributed by atoms with E-state index in [-0.39, 0.29) is 23.8 Å². The molecule has 0 radical (unpaired) electrons. The van der Waals surface area contributed by atoms with Gasteiger partial charge < -0.3 is 10.2 Å². The molecule has 27 heavy (non-hydrogen) atoms. The van der Waals surface area contributed by atoms with Gasteiger partial charge in [0.25, 0.3) is 5.91 Å². The first-order valence-electron chi connectivity index (χ1n) is 9.83. The molecule has 1 aliphatic carbocycles. The lowest BCUT2D eigenvalue weighted by Gasteiger charge is -2.33. The molecule has 1 atom stereocenters. The third-order valence-corrected chi connectivity index (χ3v) is 6.72. The summed E-state index contributed by atoms with van der Waals surface area (Å²) in [5.41, 5.74) is 3.95. The minimum absolute atomic E-state index is 0.0276. The summed E-state index contributed by atoms with van der Waals surface area (Å²) < 4.78 is 0. The third kappa shape index (κ3) is 3.65. The van der Waals surface area contributed by atoms with E-state index in [9.17, 15) is 9.59 Å². The highest BCUT2D eigenvalue weighted by atomic mass is 32.1. The van der Waals surface area contributed by atoms with Gasteiger partial charge in [-0.05, 0) is 48.4 Å². The van der Waals surface area contributed by atoms with Crippen LogP contribution in [0.5, 0.6) is 0 Å². The van der Waals surface area contributed by atoms with Crippen molar-refractivity contribution in [1.82, 2.24) is 10.2 Å². The van der Waals surface area contributed by atoms with Crippen molar-refractivity contribution in [2.24, 2.45) is 5.92 Å². The van der Waals surface area contributed by atoms with E-state index in [1.165, 1.54) is 21.6 Å². The third-order valence-electron chi connectivity index (χ3n) is 5.52. The Bertz CT molecular complexity index is 871. The number of carbonyl (C=O) groups excluding carboxylic acids is 2. The van der Waals surface area contributed by atoms with Gasteiger partial charge in [-0.25, -0.2) is 0 Å². The van der Waals surface area contributed by atoms with Crippen molar-refractivity contribution >= 4 is 23.2 Å². The molecule has 0 spiro atoms. The SMILES string of the molecule is CC(C)C(=O)NC1CCCN(C(=O)c2cc3c(s2)-c2ccccc2CC3)C1. The molecule has 4 rings (SSSR count). The molecule has 1 aromatic carbocycles. The van der Waals surface area contributed by atoms with E-state index < -0.39 is 0 Å². The summed E-state index contributed by atoms with van der Waals surface area (Å²) in [6, 6.07) is 10.7. The molecule has 5 heteroatoms. The number of nitrogens with zero attached hydrogens (tertiary/aromatic N) is 1. The van der Waals surface area contributed by atoms with Crippen molar-refractivity contribution in [2.45, 2.75) is 45.6 Å². The molecule has 4 nitrogen and oxygen atoms in total. The monoisotopic (exact) mass is 382 g/mol. The average molecular weight is 383 g/mol. The van der Waals surface area contributed by atoms with E-state index in [2.05, 4.69) is 35.6 Å². The van der Waals surface area contributed by atoms with Crippen LogP contribution in [0.15, 0.2) is 30.3 Å². The predicted octanol–water partition coefficient (Wildman–Crippen LogP) is 3.89. The molecule has 1 saturated heterocycles. The number of aryl methyl sites for hydroxylation is 2. The lowest BCUT2D eigenvalue weighted by atomic mass is 9.91. The van der Waals surface area contributed by atoms with Crippen LogP contribution >= 0.6 is 11.3 Å². The van der Waals surface area contributed by atoms with Crippen LogP contribution < -0.4 is 5.32 Å². The first-order valence-corrected chi connectivity index (χ1v) is 10.6. The van der Waals surface area contributed by atoms with E-state index in [0.29, 0.717) is 6.54 Å². The fourth-order valence-electron chi connectivity index (χ4n) is 3.98. The number of benzene rings is 1. The number of rotatable bonds is 3. The standard InChI is InChI=1S/C22H26N2O2S/c1-14(2)21(25)23-17-7-5-11-24(13-17)22(26)19-12-16-10-9-15-6-3-4-8-18(15)20(16)27-19/h3-4,6,8,12,14,17H,5,7,9-11,13H2,1-2H3,(H,23,25). The minimum atomic E-state index is -0.0276. The van der Waals surface area contributed by atoms with Crippen molar-refractivity contribution in [3.8, 4) is 10.4 Å². The maximum Gasteiger partial charge on any atom is 0.264 e. The summed E-state index contributed by atoms with van der Waals surface area (Å²) in [6.07, 6.45) is 3.92. The van der Waals surface area contributed by atoms with Crippen LogP contribution in [-0.2, 0) is 17.6 Å². The number of nitrogens with one attached hydrogen (secondary N) is 1. The topological polar surface area (TPSA) is 49.4 Å². The van der Waals surface area contributed by atoms with Crippen LogP contribution in [0.2, 0.25) is 0 Å². The predicted molar refractivity (Wildman–Crippen MR) is 109 cm³/mol. The van der Waals surface area contributed by atoms with Crippen LogP contribution in [0, 0.1) is 5.92 Å². The Morgan fingerprint density at radius 1 is 1.19 bits per heavy atom. The zero-order valence-corrected chi connectivity index (χ0v) is 16.8. The summed E-state index contributed by atoms with van der Waals surface area (Å²) >= 11 is 1.62. The fourth-order valence-corrected chi connectivity index (χ4v) is 5.22. The highest BCUT2D eigenvalue weighted by molar-refractivity contribution is 7.17. The first-order chi connectivity index (χ1) is 13.0. The average Bonchev–Trinajstić information content (AvgIpc) is 3.12. The fraction of sp³-hybridized carbons (Fsp3) is 0.455. The zero-order chi connectivity index (χ0) is 19.0. The van der Waals surface area contributed by atoms with Gasteiger partial charge in [0, 0.05) is 29.9 Å². The van der Waals surface area contributed by atoms with Gasteiger partial charge in [0.1, 0.15) is 0 Å². The maximum absolute atomic E-state index is 13.1. The quantitative estimate of drug-likeness (QED) is 0.875. The maximum atomic E-state index is 13.1. The van der Waals surface area contributed by atoms with E-state index in [4.69, 9.17) is 0 Å². The molecular weight excluding hydrogens is 356 g/mol. The number of fused-ring (bicyclic) bond motifs is 3. The summed E-state index contributed by atoms with van der Waals surface area (Å²) in [4.78, 5) is 29.1. The van der Waals surface area contributed by atoms with E-state index in [1.54, 1.807) is 11.3 Å². The number of amides is 2. The molecule has 1 aliphatic heterocycles. The van der Waals surface area contributed by atoms with Crippen molar-refractivity contribution in [1.29, 1.82) is 0 Å². The Labute approximate surface area is 164 Å². The van der Waals surface area contributed by atoms with Crippen molar-refractivity contribution in [3.05, 3.63) is 46.3 Å². The van der Waals surface area contributed by atoms with E-state index in [1.807, 2.05) is 18.7 Å². The highest BCUT2D eigenvalue weighted by Gasteiger charge is 2.28. The molecule has 1 N–H and O–H groups in total. The van der Waals surface area contributed by atoms with Crippen molar-refractivity contribution in [3.63, 3.8) is 0 Å². The Morgan fingerprint density at radius 2 is 1.96 bits per heavy atom. The van der Waals surface area contributed by atoms with Crippen LogP contribution in [0.25, 0.3) is 10.4 Å². The lowest BCUT2D eigenvalue weighted by Crippen LogP contribution is -2.50. The Hall–Kier alpha value is -2.14. The zero-order valence-electron chi connectivity index (χ0n) is 16.0. The molecule has 142 valence electrons. The summed E-state index contributed by atoms with van der Waals surface area (Å²) in [5, 5.41) is 3.09. The number of piperidine rings is 1. The first kappa shape index (κ1) is 18.2. The molecule has 2 amide bonds. The molecule has 1 aromatic heterocycles. The second-order valence-electron chi connectivity index (χ2n) is 7.88. The Kier molecular flexibility index (Phi) is 5.04. The van der Waals surface area contributed by atoms with Crippen LogP contribution in [0.1, 0.15) is 47.5 Å². The summed E-state index contributed by atoms with van der Waals surface area (Å²) in [5.74, 6) is 0.146. The van der Waals surface area contributed by atoms with Gasteiger partial charge >= 0.3 is 0 Å². The minimum Gasteiger partial charge on any atom is -0.351 e. The van der Waals surface area contributed by atoms with Gasteiger partial charge in [0.05, 0.1) is 4.88 Å². The Balaban J connectivity index is 1.51. The summed E-state index contributed by atoms with van der Waals surface area (Å²) in [6.45, 7) is 5.17. The van der Waals surface area contributed by atoms with Crippen molar-refractivity contribution in [2.75, 3.05) is 13.1 Å². The largest absolute Gasteiger partial charge is 0.351 e. The number of thiophene rings is 1. The molecule has 1 fully saturated rings. The molecule has 2 aliphatic rings. The highest BCUT2D eigenvalue weighted by Crippen LogP contribution is 2.39. The lowest BCUT2D eigenvalue weighted by molar-refractivity contribution is -0.125. The number of carbonyl (C=O) groups is 2. The summed E-state index contributed by atoms with van der Waals surface area (Å²) in [7, 11) is 0. The normalized spacial score (nSPS) is 18.8. The molecule has 2 aromatic rings. The van der Waals surface area contributed by atoms with Crippen molar-refractivity contribution < 1.29 is 9.59 Å². The molecule has 1 unspecified atom stereocenters. The van der Waals surface area contributed by atoms with Crippen LogP contribution in [0.3, 0.4) is 0 Å².